The number of rotatable bonds is 6. The highest BCUT2D eigenvalue weighted by Crippen LogP contribution is 2.45. The summed E-state index contributed by atoms with van der Waals surface area (Å²) in [6, 6.07) is 25.7. The van der Waals surface area contributed by atoms with Crippen molar-refractivity contribution in [3.05, 3.63) is 102 Å². The summed E-state index contributed by atoms with van der Waals surface area (Å²) >= 11 is 1.24. The fourth-order valence-corrected chi connectivity index (χ4v) is 5.19. The molecule has 3 aromatic rings. The van der Waals surface area contributed by atoms with Gasteiger partial charge in [0.25, 0.3) is 0 Å². The van der Waals surface area contributed by atoms with Gasteiger partial charge in [0.1, 0.15) is 0 Å². The van der Waals surface area contributed by atoms with Crippen LogP contribution < -0.4 is 0 Å². The topological polar surface area (TPSA) is 12.5 Å². The minimum Gasteiger partial charge on any atom is -0.374 e. The van der Waals surface area contributed by atoms with Gasteiger partial charge in [-0.05, 0) is 23.3 Å². The zero-order chi connectivity index (χ0) is 21.7. The van der Waals surface area contributed by atoms with E-state index in [1.165, 1.54) is 23.4 Å². The van der Waals surface area contributed by atoms with E-state index in [9.17, 15) is 13.2 Å². The van der Waals surface area contributed by atoms with Crippen molar-refractivity contribution in [3.8, 4) is 0 Å². The van der Waals surface area contributed by atoms with Gasteiger partial charge in [-0.3, -0.25) is 4.90 Å². The molecule has 6 heteroatoms. The Hall–Kier alpha value is -2.28. The number of hydrogen-bond donors (Lipinski definition) is 0. The second-order valence-corrected chi connectivity index (χ2v) is 8.76. The lowest BCUT2D eigenvalue weighted by Gasteiger charge is -2.37. The van der Waals surface area contributed by atoms with Gasteiger partial charge in [-0.25, -0.2) is 0 Å². The Balaban J connectivity index is 1.59. The molecule has 0 bridgehead atoms. The summed E-state index contributed by atoms with van der Waals surface area (Å²) in [5.41, 5.74) is 1.59. The Morgan fingerprint density at radius 1 is 0.903 bits per heavy atom. The third-order valence-corrected chi connectivity index (χ3v) is 6.78. The molecule has 1 aliphatic rings. The molecule has 0 aromatic heterocycles. The number of morpholine rings is 1. The Kier molecular flexibility index (Phi) is 7.00. The largest absolute Gasteiger partial charge is 0.417 e. The summed E-state index contributed by atoms with van der Waals surface area (Å²) < 4.78 is 46.9. The van der Waals surface area contributed by atoms with E-state index in [-0.39, 0.29) is 16.2 Å². The van der Waals surface area contributed by atoms with Gasteiger partial charge < -0.3 is 4.74 Å². The van der Waals surface area contributed by atoms with Crippen LogP contribution in [0.1, 0.15) is 21.9 Å². The highest BCUT2D eigenvalue weighted by molar-refractivity contribution is 7.99. The van der Waals surface area contributed by atoms with Crippen LogP contribution in [0, 0.1) is 0 Å². The van der Waals surface area contributed by atoms with Crippen LogP contribution in [0.5, 0.6) is 0 Å². The molecule has 1 aliphatic heterocycles. The van der Waals surface area contributed by atoms with Crippen molar-refractivity contribution < 1.29 is 17.9 Å². The Morgan fingerprint density at radius 3 is 2.26 bits per heavy atom. The SMILES string of the molecule is FC(F)(F)c1ccccc1S[C@@H](c1ccccc1)[C@@H]1CN(Cc2ccccc2)CCO1. The molecule has 2 nitrogen and oxygen atoms in total. The molecule has 0 aliphatic carbocycles. The van der Waals surface area contributed by atoms with E-state index in [0.29, 0.717) is 13.2 Å². The Morgan fingerprint density at radius 2 is 1.55 bits per heavy atom. The van der Waals surface area contributed by atoms with E-state index in [0.717, 1.165) is 24.7 Å². The Bertz CT molecular complexity index is 965. The molecular formula is C25H24F3NOS. The number of ether oxygens (including phenoxy) is 1. The van der Waals surface area contributed by atoms with E-state index < -0.39 is 11.7 Å². The van der Waals surface area contributed by atoms with E-state index in [2.05, 4.69) is 17.0 Å². The van der Waals surface area contributed by atoms with Crippen LogP contribution in [-0.2, 0) is 17.5 Å². The standard InChI is InChI=1S/C25H24F3NOS/c26-25(27,28)21-13-7-8-14-23(21)31-24(20-11-5-2-6-12-20)22-18-29(15-16-30-22)17-19-9-3-1-4-10-19/h1-14,22,24H,15-18H2/t22-,24-/m0/s1. The van der Waals surface area contributed by atoms with Crippen molar-refractivity contribution in [2.24, 2.45) is 0 Å². The molecular weight excluding hydrogens is 419 g/mol. The van der Waals surface area contributed by atoms with Crippen LogP contribution in [0.3, 0.4) is 0 Å². The van der Waals surface area contributed by atoms with Crippen LogP contribution in [0.4, 0.5) is 13.2 Å². The number of thioether (sulfide) groups is 1. The van der Waals surface area contributed by atoms with Gasteiger partial charge in [-0.15, -0.1) is 11.8 Å². The summed E-state index contributed by atoms with van der Waals surface area (Å²) in [6.45, 7) is 2.82. The maximum atomic E-state index is 13.6. The first-order valence-corrected chi connectivity index (χ1v) is 11.1. The molecule has 1 heterocycles. The maximum Gasteiger partial charge on any atom is 0.417 e. The number of alkyl halides is 3. The van der Waals surface area contributed by atoms with Gasteiger partial charge in [-0.2, -0.15) is 13.2 Å². The smallest absolute Gasteiger partial charge is 0.374 e. The summed E-state index contributed by atoms with van der Waals surface area (Å²) in [4.78, 5) is 2.54. The van der Waals surface area contributed by atoms with Crippen molar-refractivity contribution in [1.82, 2.24) is 4.90 Å². The lowest BCUT2D eigenvalue weighted by molar-refractivity contribution is -0.139. The quantitative estimate of drug-likeness (QED) is 0.407. The Labute approximate surface area is 185 Å². The molecule has 0 radical (unpaired) electrons. The first-order valence-electron chi connectivity index (χ1n) is 10.3. The third-order valence-electron chi connectivity index (χ3n) is 5.34. The normalized spacial score (nSPS) is 18.6. The van der Waals surface area contributed by atoms with Crippen LogP contribution >= 0.6 is 11.8 Å². The van der Waals surface area contributed by atoms with Gasteiger partial charge in [-0.1, -0.05) is 72.8 Å². The van der Waals surface area contributed by atoms with E-state index >= 15 is 0 Å². The zero-order valence-electron chi connectivity index (χ0n) is 17.0. The highest BCUT2D eigenvalue weighted by atomic mass is 32.2. The van der Waals surface area contributed by atoms with E-state index in [4.69, 9.17) is 4.74 Å². The molecule has 0 spiro atoms. The molecule has 1 saturated heterocycles. The third kappa shape index (κ3) is 5.70. The molecule has 2 atom stereocenters. The summed E-state index contributed by atoms with van der Waals surface area (Å²) in [6.07, 6.45) is -4.61. The van der Waals surface area contributed by atoms with Crippen molar-refractivity contribution in [2.75, 3.05) is 19.7 Å². The lowest BCUT2D eigenvalue weighted by atomic mass is 10.1. The molecule has 1 fully saturated rings. The van der Waals surface area contributed by atoms with Gasteiger partial charge in [0.05, 0.1) is 23.5 Å². The average Bonchev–Trinajstić information content (AvgIpc) is 2.78. The molecule has 0 unspecified atom stereocenters. The number of nitrogens with zero attached hydrogens (tertiary/aromatic N) is 1. The van der Waals surface area contributed by atoms with E-state index in [1.807, 2.05) is 48.5 Å². The van der Waals surface area contributed by atoms with Crippen LogP contribution in [0.2, 0.25) is 0 Å². The second-order valence-electron chi connectivity index (χ2n) is 7.57. The summed E-state index contributed by atoms with van der Waals surface area (Å²) in [7, 11) is 0. The van der Waals surface area contributed by atoms with Crippen molar-refractivity contribution in [2.45, 2.75) is 29.0 Å². The maximum absolute atomic E-state index is 13.6. The minimum atomic E-state index is -4.39. The van der Waals surface area contributed by atoms with Crippen LogP contribution in [-0.4, -0.2) is 30.7 Å². The van der Waals surface area contributed by atoms with Gasteiger partial charge >= 0.3 is 6.18 Å². The predicted octanol–water partition coefficient (Wildman–Crippen LogP) is 6.44. The molecule has 4 rings (SSSR count). The summed E-state index contributed by atoms with van der Waals surface area (Å²) in [5.74, 6) is 0. The van der Waals surface area contributed by atoms with Crippen molar-refractivity contribution in [1.29, 1.82) is 0 Å². The number of benzene rings is 3. The van der Waals surface area contributed by atoms with Crippen molar-refractivity contribution >= 4 is 11.8 Å². The van der Waals surface area contributed by atoms with Gasteiger partial charge in [0.2, 0.25) is 0 Å². The monoisotopic (exact) mass is 443 g/mol. The number of halogens is 3. The highest BCUT2D eigenvalue weighted by Gasteiger charge is 2.36. The van der Waals surface area contributed by atoms with Crippen LogP contribution in [0.25, 0.3) is 0 Å². The van der Waals surface area contributed by atoms with Gasteiger partial charge in [0, 0.05) is 24.5 Å². The minimum absolute atomic E-state index is 0.217. The first-order chi connectivity index (χ1) is 15.0. The lowest BCUT2D eigenvalue weighted by Crippen LogP contribution is -2.44. The molecule has 3 aromatic carbocycles. The fraction of sp³-hybridized carbons (Fsp3) is 0.280. The first kappa shape index (κ1) is 21.9. The second kappa shape index (κ2) is 9.90. The summed E-state index contributed by atoms with van der Waals surface area (Å²) in [5, 5.41) is -0.247. The van der Waals surface area contributed by atoms with Crippen molar-refractivity contribution in [3.63, 3.8) is 0 Å². The molecule has 0 N–H and O–H groups in total. The number of hydrogen-bond acceptors (Lipinski definition) is 3. The molecule has 31 heavy (non-hydrogen) atoms. The molecule has 0 saturated carbocycles. The predicted molar refractivity (Wildman–Crippen MR) is 118 cm³/mol. The van der Waals surface area contributed by atoms with Gasteiger partial charge in [0.15, 0.2) is 0 Å². The fourth-order valence-electron chi connectivity index (χ4n) is 3.84. The zero-order valence-corrected chi connectivity index (χ0v) is 17.8. The molecule has 162 valence electrons. The van der Waals surface area contributed by atoms with Crippen LogP contribution in [0.15, 0.2) is 89.8 Å². The van der Waals surface area contributed by atoms with E-state index in [1.54, 1.807) is 12.1 Å². The molecule has 0 amide bonds. The average molecular weight is 444 g/mol.